The van der Waals surface area contributed by atoms with Crippen LogP contribution in [0.25, 0.3) is 0 Å². The molecule has 0 bridgehead atoms. The van der Waals surface area contributed by atoms with Gasteiger partial charge in [-0.1, -0.05) is 19.3 Å². The lowest BCUT2D eigenvalue weighted by Crippen LogP contribution is -2.15. The zero-order chi connectivity index (χ0) is 13.8. The van der Waals surface area contributed by atoms with Gasteiger partial charge in [0.15, 0.2) is 0 Å². The van der Waals surface area contributed by atoms with E-state index in [2.05, 4.69) is 27.2 Å². The Labute approximate surface area is 124 Å². The smallest absolute Gasteiger partial charge is 0.0897 e. The van der Waals surface area contributed by atoms with Gasteiger partial charge in [0.05, 0.1) is 16.7 Å². The minimum Gasteiger partial charge on any atom is -0.306 e. The zero-order valence-corrected chi connectivity index (χ0v) is 12.8. The fraction of sp³-hybridized carbons (Fsp3) is 0.600. The molecule has 5 heteroatoms. The summed E-state index contributed by atoms with van der Waals surface area (Å²) in [6.07, 6.45) is 10.8. The maximum absolute atomic E-state index is 4.71. The molecule has 1 N–H and O–H groups in total. The van der Waals surface area contributed by atoms with Gasteiger partial charge >= 0.3 is 0 Å². The molecule has 0 aromatic carbocycles. The van der Waals surface area contributed by atoms with E-state index >= 15 is 0 Å². The quantitative estimate of drug-likeness (QED) is 0.917. The Kier molecular flexibility index (Phi) is 4.47. The first-order valence-electron chi connectivity index (χ1n) is 7.47. The van der Waals surface area contributed by atoms with Crippen molar-refractivity contribution in [3.05, 3.63) is 34.0 Å². The highest BCUT2D eigenvalue weighted by Gasteiger charge is 2.15. The number of nitrogens with one attached hydrogen (secondary N) is 1. The standard InChI is InChI=1S/C15H22N4S/c1-12-17-11-15(20-12)10-16-9-13-7-8-19(18-13)14-5-3-2-4-6-14/h7-8,11,14,16H,2-6,9-10H2,1H3. The summed E-state index contributed by atoms with van der Waals surface area (Å²) >= 11 is 1.75. The van der Waals surface area contributed by atoms with Gasteiger partial charge in [-0.3, -0.25) is 4.68 Å². The van der Waals surface area contributed by atoms with Crippen molar-refractivity contribution in [3.8, 4) is 0 Å². The monoisotopic (exact) mass is 290 g/mol. The number of aromatic nitrogens is 3. The molecule has 0 atom stereocenters. The summed E-state index contributed by atoms with van der Waals surface area (Å²) in [7, 11) is 0. The first-order chi connectivity index (χ1) is 9.81. The van der Waals surface area contributed by atoms with Crippen molar-refractivity contribution in [2.75, 3.05) is 0 Å². The van der Waals surface area contributed by atoms with Crippen molar-refractivity contribution in [2.45, 2.75) is 58.2 Å². The van der Waals surface area contributed by atoms with Gasteiger partial charge in [0.25, 0.3) is 0 Å². The predicted molar refractivity (Wildman–Crippen MR) is 81.7 cm³/mol. The molecule has 4 nitrogen and oxygen atoms in total. The van der Waals surface area contributed by atoms with E-state index in [1.54, 1.807) is 11.3 Å². The minimum atomic E-state index is 0.627. The normalized spacial score (nSPS) is 16.6. The number of thiazole rings is 1. The summed E-state index contributed by atoms with van der Waals surface area (Å²) in [4.78, 5) is 5.55. The van der Waals surface area contributed by atoms with Gasteiger partial charge in [-0.05, 0) is 25.8 Å². The van der Waals surface area contributed by atoms with E-state index in [-0.39, 0.29) is 0 Å². The summed E-state index contributed by atoms with van der Waals surface area (Å²) in [5.41, 5.74) is 1.14. The van der Waals surface area contributed by atoms with Crippen LogP contribution in [0.1, 0.15) is 53.7 Å². The van der Waals surface area contributed by atoms with E-state index in [1.165, 1.54) is 37.0 Å². The van der Waals surface area contributed by atoms with Crippen LogP contribution >= 0.6 is 11.3 Å². The third-order valence-electron chi connectivity index (χ3n) is 3.89. The van der Waals surface area contributed by atoms with E-state index in [1.807, 2.05) is 13.1 Å². The van der Waals surface area contributed by atoms with Crippen LogP contribution in [0.2, 0.25) is 0 Å². The second kappa shape index (κ2) is 6.50. The fourth-order valence-corrected chi connectivity index (χ4v) is 3.59. The van der Waals surface area contributed by atoms with Crippen LogP contribution in [0.3, 0.4) is 0 Å². The Balaban J connectivity index is 1.49. The van der Waals surface area contributed by atoms with Crippen molar-refractivity contribution >= 4 is 11.3 Å². The molecule has 20 heavy (non-hydrogen) atoms. The number of hydrogen-bond donors (Lipinski definition) is 1. The number of nitrogens with zero attached hydrogens (tertiary/aromatic N) is 3. The highest BCUT2D eigenvalue weighted by atomic mass is 32.1. The second-order valence-corrected chi connectivity index (χ2v) is 6.85. The van der Waals surface area contributed by atoms with Crippen molar-refractivity contribution in [3.63, 3.8) is 0 Å². The van der Waals surface area contributed by atoms with Crippen LogP contribution in [-0.2, 0) is 13.1 Å². The molecule has 0 saturated heterocycles. The van der Waals surface area contributed by atoms with Crippen LogP contribution in [0, 0.1) is 6.92 Å². The maximum Gasteiger partial charge on any atom is 0.0897 e. The van der Waals surface area contributed by atoms with Crippen molar-refractivity contribution < 1.29 is 0 Å². The van der Waals surface area contributed by atoms with Gasteiger partial charge in [-0.2, -0.15) is 5.10 Å². The Morgan fingerprint density at radius 3 is 2.90 bits per heavy atom. The van der Waals surface area contributed by atoms with Gasteiger partial charge in [0, 0.05) is 30.4 Å². The van der Waals surface area contributed by atoms with E-state index < -0.39 is 0 Å². The molecule has 1 saturated carbocycles. The van der Waals surface area contributed by atoms with E-state index in [4.69, 9.17) is 5.10 Å². The third kappa shape index (κ3) is 3.46. The second-order valence-electron chi connectivity index (χ2n) is 5.53. The van der Waals surface area contributed by atoms with E-state index in [0.29, 0.717) is 6.04 Å². The average molecular weight is 290 g/mol. The summed E-state index contributed by atoms with van der Waals surface area (Å²) < 4.78 is 2.17. The third-order valence-corrected chi connectivity index (χ3v) is 4.80. The van der Waals surface area contributed by atoms with Crippen molar-refractivity contribution in [1.82, 2.24) is 20.1 Å². The fourth-order valence-electron chi connectivity index (χ4n) is 2.82. The number of rotatable bonds is 5. The molecule has 2 aromatic rings. The molecule has 1 aliphatic rings. The van der Waals surface area contributed by atoms with Crippen LogP contribution in [0.4, 0.5) is 0 Å². The summed E-state index contributed by atoms with van der Waals surface area (Å²) in [6, 6.07) is 2.76. The molecule has 0 unspecified atom stereocenters. The first kappa shape index (κ1) is 13.8. The van der Waals surface area contributed by atoms with E-state index in [0.717, 1.165) is 23.8 Å². The lowest BCUT2D eigenvalue weighted by atomic mass is 9.96. The maximum atomic E-state index is 4.71. The number of aryl methyl sites for hydroxylation is 1. The molecule has 108 valence electrons. The topological polar surface area (TPSA) is 42.7 Å². The summed E-state index contributed by atoms with van der Waals surface area (Å²) in [5.74, 6) is 0. The molecule has 0 amide bonds. The zero-order valence-electron chi connectivity index (χ0n) is 12.0. The SMILES string of the molecule is Cc1ncc(CNCc2ccn(C3CCCCC3)n2)s1. The van der Waals surface area contributed by atoms with Gasteiger partial charge < -0.3 is 5.32 Å². The molecule has 2 aromatic heterocycles. The van der Waals surface area contributed by atoms with Gasteiger partial charge in [-0.25, -0.2) is 4.98 Å². The molecular weight excluding hydrogens is 268 g/mol. The van der Waals surface area contributed by atoms with Crippen molar-refractivity contribution in [1.29, 1.82) is 0 Å². The summed E-state index contributed by atoms with van der Waals surface area (Å²) in [6.45, 7) is 3.75. The van der Waals surface area contributed by atoms with Crippen LogP contribution in [-0.4, -0.2) is 14.8 Å². The van der Waals surface area contributed by atoms with Crippen LogP contribution in [0.15, 0.2) is 18.5 Å². The molecule has 3 rings (SSSR count). The first-order valence-corrected chi connectivity index (χ1v) is 8.29. The Hall–Kier alpha value is -1.20. The van der Waals surface area contributed by atoms with Crippen LogP contribution < -0.4 is 5.32 Å². The molecule has 0 spiro atoms. The molecule has 2 heterocycles. The molecule has 0 aliphatic heterocycles. The molecular formula is C15H22N4S. The highest BCUT2D eigenvalue weighted by molar-refractivity contribution is 7.11. The van der Waals surface area contributed by atoms with Gasteiger partial charge in [0.1, 0.15) is 0 Å². The molecule has 0 radical (unpaired) electrons. The number of hydrogen-bond acceptors (Lipinski definition) is 4. The lowest BCUT2D eigenvalue weighted by Gasteiger charge is -2.21. The minimum absolute atomic E-state index is 0.627. The Morgan fingerprint density at radius 1 is 1.30 bits per heavy atom. The Morgan fingerprint density at radius 2 is 2.15 bits per heavy atom. The Bertz CT molecular complexity index is 540. The van der Waals surface area contributed by atoms with E-state index in [9.17, 15) is 0 Å². The summed E-state index contributed by atoms with van der Waals surface area (Å²) in [5, 5.41) is 9.28. The predicted octanol–water partition coefficient (Wildman–Crippen LogP) is 3.44. The average Bonchev–Trinajstić information content (AvgIpc) is 3.09. The lowest BCUT2D eigenvalue weighted by molar-refractivity contribution is 0.327. The molecule has 1 aliphatic carbocycles. The highest BCUT2D eigenvalue weighted by Crippen LogP contribution is 2.27. The van der Waals surface area contributed by atoms with Gasteiger partial charge in [-0.15, -0.1) is 11.3 Å². The largest absolute Gasteiger partial charge is 0.306 e. The van der Waals surface area contributed by atoms with Crippen LogP contribution in [0.5, 0.6) is 0 Å². The molecule has 1 fully saturated rings. The van der Waals surface area contributed by atoms with Crippen molar-refractivity contribution in [2.24, 2.45) is 0 Å². The van der Waals surface area contributed by atoms with Gasteiger partial charge in [0.2, 0.25) is 0 Å².